The molecule has 0 bridgehead atoms. The fraction of sp³-hybridized carbons (Fsp3) is 0.273. The highest BCUT2D eigenvalue weighted by atomic mass is 35.5. The van der Waals surface area contributed by atoms with Crippen molar-refractivity contribution in [2.24, 2.45) is 0 Å². The van der Waals surface area contributed by atoms with Gasteiger partial charge >= 0.3 is 0 Å². The van der Waals surface area contributed by atoms with Gasteiger partial charge in [-0.05, 0) is 24.6 Å². The van der Waals surface area contributed by atoms with Crippen LogP contribution in [0.4, 0.5) is 5.69 Å². The molecule has 6 heteroatoms. The molecule has 0 unspecified atom stereocenters. The van der Waals surface area contributed by atoms with Crippen LogP contribution in [0.2, 0.25) is 10.0 Å². The van der Waals surface area contributed by atoms with Crippen LogP contribution in [-0.4, -0.2) is 17.9 Å². The number of halogens is 2. The summed E-state index contributed by atoms with van der Waals surface area (Å²) in [5, 5.41) is 6.14. The van der Waals surface area contributed by atoms with Crippen molar-refractivity contribution < 1.29 is 9.59 Å². The highest BCUT2D eigenvalue weighted by Gasteiger charge is 2.27. The number of carbonyl (C=O) groups excluding carboxylic acids is 2. The molecule has 1 aromatic carbocycles. The molecule has 0 aromatic heterocycles. The van der Waals surface area contributed by atoms with Crippen molar-refractivity contribution in [3.8, 4) is 0 Å². The summed E-state index contributed by atoms with van der Waals surface area (Å²) >= 11 is 11.6. The number of anilines is 1. The van der Waals surface area contributed by atoms with Gasteiger partial charge in [0.25, 0.3) is 0 Å². The Balaban J connectivity index is 2.05. The Bertz CT molecular complexity index is 456. The van der Waals surface area contributed by atoms with E-state index in [-0.39, 0.29) is 11.8 Å². The maximum absolute atomic E-state index is 11.8. The lowest BCUT2D eigenvalue weighted by molar-refractivity contribution is -0.122. The molecule has 17 heavy (non-hydrogen) atoms. The molecule has 1 fully saturated rings. The van der Waals surface area contributed by atoms with Crippen LogP contribution in [-0.2, 0) is 9.59 Å². The molecule has 4 nitrogen and oxygen atoms in total. The van der Waals surface area contributed by atoms with E-state index in [1.165, 1.54) is 0 Å². The lowest BCUT2D eigenvalue weighted by atomic mass is 10.2. The second-order valence-corrected chi connectivity index (χ2v) is 4.68. The summed E-state index contributed by atoms with van der Waals surface area (Å²) in [7, 11) is 0. The second kappa shape index (κ2) is 4.94. The minimum Gasteiger partial charge on any atom is -0.344 e. The zero-order valence-electron chi connectivity index (χ0n) is 8.80. The molecule has 0 spiro atoms. The summed E-state index contributed by atoms with van der Waals surface area (Å²) in [6, 6.07) is 4.31. The van der Waals surface area contributed by atoms with E-state index in [0.717, 1.165) is 0 Å². The maximum atomic E-state index is 11.8. The molecule has 0 saturated carbocycles. The molecule has 1 atom stereocenters. The molecule has 1 aromatic rings. The van der Waals surface area contributed by atoms with E-state index in [9.17, 15) is 9.59 Å². The smallest absolute Gasteiger partial charge is 0.246 e. The molecule has 90 valence electrons. The van der Waals surface area contributed by atoms with Gasteiger partial charge in [0.2, 0.25) is 11.8 Å². The predicted octanol–water partition coefficient (Wildman–Crippen LogP) is 2.21. The van der Waals surface area contributed by atoms with E-state index in [4.69, 9.17) is 23.2 Å². The third-order valence-corrected chi connectivity index (χ3v) is 2.88. The predicted molar refractivity (Wildman–Crippen MR) is 66.3 cm³/mol. The average molecular weight is 273 g/mol. The van der Waals surface area contributed by atoms with Gasteiger partial charge in [-0.1, -0.05) is 23.2 Å². The molecule has 1 aliphatic heterocycles. The van der Waals surface area contributed by atoms with Gasteiger partial charge in [0.15, 0.2) is 0 Å². The molecule has 2 amide bonds. The summed E-state index contributed by atoms with van der Waals surface area (Å²) in [6.07, 6.45) is 0.896. The quantitative estimate of drug-likeness (QED) is 0.867. The van der Waals surface area contributed by atoms with Gasteiger partial charge in [-0.2, -0.15) is 0 Å². The number of rotatable bonds is 2. The van der Waals surface area contributed by atoms with Gasteiger partial charge in [-0.25, -0.2) is 0 Å². The highest BCUT2D eigenvalue weighted by molar-refractivity contribution is 6.35. The van der Waals surface area contributed by atoms with Crippen LogP contribution in [0.5, 0.6) is 0 Å². The first kappa shape index (κ1) is 12.2. The van der Waals surface area contributed by atoms with Crippen molar-refractivity contribution in [2.45, 2.75) is 18.9 Å². The van der Waals surface area contributed by atoms with Crippen LogP contribution in [0.3, 0.4) is 0 Å². The molecular weight excluding hydrogens is 263 g/mol. The van der Waals surface area contributed by atoms with Crippen molar-refractivity contribution in [3.63, 3.8) is 0 Å². The Morgan fingerprint density at radius 2 is 1.94 bits per heavy atom. The van der Waals surface area contributed by atoms with E-state index in [2.05, 4.69) is 10.6 Å². The molecular formula is C11H10Cl2N2O2. The minimum absolute atomic E-state index is 0.103. The van der Waals surface area contributed by atoms with Crippen molar-refractivity contribution in [2.75, 3.05) is 5.32 Å². The molecule has 1 heterocycles. The monoisotopic (exact) mass is 272 g/mol. The fourth-order valence-electron chi connectivity index (χ4n) is 1.67. The maximum Gasteiger partial charge on any atom is 0.246 e. The molecule has 2 rings (SSSR count). The highest BCUT2D eigenvalue weighted by Crippen LogP contribution is 2.22. The summed E-state index contributed by atoms with van der Waals surface area (Å²) in [5.74, 6) is -0.358. The number of hydrogen-bond donors (Lipinski definition) is 2. The molecule has 1 saturated heterocycles. The number of amides is 2. The lowest BCUT2D eigenvalue weighted by Crippen LogP contribution is -2.37. The SMILES string of the molecule is O=C1CC[C@H](C(=O)Nc2cc(Cl)cc(Cl)c2)N1. The first-order chi connectivity index (χ1) is 8.04. The molecule has 0 radical (unpaired) electrons. The van der Waals surface area contributed by atoms with Crippen molar-refractivity contribution in [1.82, 2.24) is 5.32 Å². The lowest BCUT2D eigenvalue weighted by Gasteiger charge is -2.11. The van der Waals surface area contributed by atoms with Crippen LogP contribution < -0.4 is 10.6 Å². The summed E-state index contributed by atoms with van der Waals surface area (Å²) in [5.41, 5.74) is 0.522. The van der Waals surface area contributed by atoms with E-state index in [0.29, 0.717) is 28.6 Å². The Kier molecular flexibility index (Phi) is 3.54. The van der Waals surface area contributed by atoms with E-state index >= 15 is 0 Å². The van der Waals surface area contributed by atoms with Gasteiger partial charge in [0.05, 0.1) is 0 Å². The molecule has 2 N–H and O–H groups in total. The zero-order chi connectivity index (χ0) is 12.4. The van der Waals surface area contributed by atoms with Crippen LogP contribution in [0, 0.1) is 0 Å². The Morgan fingerprint density at radius 3 is 2.47 bits per heavy atom. The van der Waals surface area contributed by atoms with Crippen LogP contribution in [0.25, 0.3) is 0 Å². The molecule has 0 aliphatic carbocycles. The topological polar surface area (TPSA) is 58.2 Å². The van der Waals surface area contributed by atoms with Gasteiger partial charge in [-0.3, -0.25) is 9.59 Å². The first-order valence-electron chi connectivity index (χ1n) is 5.11. The normalized spacial score (nSPS) is 18.9. The molecule has 1 aliphatic rings. The van der Waals surface area contributed by atoms with E-state index in [1.54, 1.807) is 18.2 Å². The third-order valence-electron chi connectivity index (χ3n) is 2.44. The second-order valence-electron chi connectivity index (χ2n) is 3.81. The Labute approximate surface area is 108 Å². The number of hydrogen-bond acceptors (Lipinski definition) is 2. The Morgan fingerprint density at radius 1 is 1.29 bits per heavy atom. The summed E-state index contributed by atoms with van der Waals surface area (Å²) < 4.78 is 0. The van der Waals surface area contributed by atoms with Crippen LogP contribution in [0.1, 0.15) is 12.8 Å². The summed E-state index contributed by atoms with van der Waals surface area (Å²) in [4.78, 5) is 22.8. The van der Waals surface area contributed by atoms with Crippen LogP contribution in [0.15, 0.2) is 18.2 Å². The average Bonchev–Trinajstić information content (AvgIpc) is 2.63. The minimum atomic E-state index is -0.472. The van der Waals surface area contributed by atoms with Crippen LogP contribution >= 0.6 is 23.2 Å². The van der Waals surface area contributed by atoms with E-state index in [1.807, 2.05) is 0 Å². The summed E-state index contributed by atoms with van der Waals surface area (Å²) in [6.45, 7) is 0. The van der Waals surface area contributed by atoms with Gasteiger partial charge < -0.3 is 10.6 Å². The first-order valence-corrected chi connectivity index (χ1v) is 5.86. The van der Waals surface area contributed by atoms with Gasteiger partial charge in [-0.15, -0.1) is 0 Å². The number of carbonyl (C=O) groups is 2. The number of nitrogens with one attached hydrogen (secondary N) is 2. The van der Waals surface area contributed by atoms with Gasteiger partial charge in [0, 0.05) is 22.2 Å². The van der Waals surface area contributed by atoms with Crippen molar-refractivity contribution >= 4 is 40.7 Å². The van der Waals surface area contributed by atoms with E-state index < -0.39 is 6.04 Å². The standard InChI is InChI=1S/C11H10Cl2N2O2/c12-6-3-7(13)5-8(4-6)14-11(17)9-1-2-10(16)15-9/h3-5,9H,1-2H2,(H,14,17)(H,15,16)/t9-/m1/s1. The third kappa shape index (κ3) is 3.11. The fourth-order valence-corrected chi connectivity index (χ4v) is 2.19. The Hall–Kier alpha value is -1.26. The van der Waals surface area contributed by atoms with Crippen molar-refractivity contribution in [1.29, 1.82) is 0 Å². The number of benzene rings is 1. The zero-order valence-corrected chi connectivity index (χ0v) is 10.3. The van der Waals surface area contributed by atoms with Crippen molar-refractivity contribution in [3.05, 3.63) is 28.2 Å². The van der Waals surface area contributed by atoms with Gasteiger partial charge in [0.1, 0.15) is 6.04 Å². The largest absolute Gasteiger partial charge is 0.344 e.